The van der Waals surface area contributed by atoms with Crippen molar-refractivity contribution in [2.24, 2.45) is 0 Å². The molecule has 0 amide bonds. The summed E-state index contributed by atoms with van der Waals surface area (Å²) < 4.78 is 24.8. The van der Waals surface area contributed by atoms with Crippen molar-refractivity contribution in [1.82, 2.24) is 0 Å². The normalized spacial score (nSPS) is 20.1. The fourth-order valence-corrected chi connectivity index (χ4v) is 2.12. The summed E-state index contributed by atoms with van der Waals surface area (Å²) in [6, 6.07) is 3.39. The van der Waals surface area contributed by atoms with E-state index in [1.165, 1.54) is 0 Å². The Kier molecular flexibility index (Phi) is 3.60. The fourth-order valence-electron chi connectivity index (χ4n) is 2.12. The van der Waals surface area contributed by atoms with E-state index >= 15 is 0 Å². The molecule has 0 N–H and O–H groups in total. The van der Waals surface area contributed by atoms with E-state index in [4.69, 9.17) is 9.31 Å². The maximum Gasteiger partial charge on any atom is 0.462 e. The largest absolute Gasteiger partial charge is 0.462 e. The molecule has 1 aromatic carbocycles. The monoisotopic (exact) mass is 281 g/mol. The summed E-state index contributed by atoms with van der Waals surface area (Å²) in [5.41, 5.74) is -0.880. The molecule has 5 nitrogen and oxygen atoms in total. The van der Waals surface area contributed by atoms with Crippen molar-refractivity contribution in [1.29, 1.82) is 0 Å². The number of nitrogens with zero attached hydrogens (tertiary/aromatic N) is 1. The van der Waals surface area contributed by atoms with E-state index < -0.39 is 29.1 Å². The number of halogens is 1. The van der Waals surface area contributed by atoms with Crippen LogP contribution >= 0.6 is 0 Å². The second kappa shape index (κ2) is 4.82. The number of nitro benzene ring substituents is 1. The lowest BCUT2D eigenvalue weighted by atomic mass is 9.80. The Morgan fingerprint density at radius 3 is 2.30 bits per heavy atom. The third-order valence-corrected chi connectivity index (χ3v) is 3.93. The molecule has 0 bridgehead atoms. The second-order valence-corrected chi connectivity index (χ2v) is 5.92. The highest BCUT2D eigenvalue weighted by molar-refractivity contribution is 6.45. The Morgan fingerprint density at radius 1 is 1.25 bits per heavy atom. The first kappa shape index (κ1) is 14.9. The number of hydrogen-bond acceptors (Lipinski definition) is 4. The standard InChI is InChI=1S/C13H17BFNO4/c1-12(2)13(3,4)20-14(19-12)8-9-7-10(15)5-6-11(9)16(17)18/h5-7H,8H2,1-4H3. The van der Waals surface area contributed by atoms with Crippen molar-refractivity contribution in [2.75, 3.05) is 0 Å². The number of nitro groups is 1. The van der Waals surface area contributed by atoms with Gasteiger partial charge in [-0.25, -0.2) is 4.39 Å². The molecule has 1 aromatic rings. The Hall–Kier alpha value is -1.47. The van der Waals surface area contributed by atoms with Gasteiger partial charge in [0, 0.05) is 17.9 Å². The fraction of sp³-hybridized carbons (Fsp3) is 0.538. The van der Waals surface area contributed by atoms with Gasteiger partial charge in [0.1, 0.15) is 5.82 Å². The molecule has 0 unspecified atom stereocenters. The lowest BCUT2D eigenvalue weighted by Crippen LogP contribution is -2.41. The maximum atomic E-state index is 13.3. The molecular formula is C13H17BFNO4. The van der Waals surface area contributed by atoms with E-state index in [1.807, 2.05) is 27.7 Å². The molecular weight excluding hydrogens is 264 g/mol. The predicted octanol–water partition coefficient (Wildman–Crippen LogP) is 2.91. The van der Waals surface area contributed by atoms with Gasteiger partial charge in [-0.3, -0.25) is 10.1 Å². The van der Waals surface area contributed by atoms with Crippen LogP contribution in [0.4, 0.5) is 10.1 Å². The first-order valence-electron chi connectivity index (χ1n) is 6.41. The zero-order chi connectivity index (χ0) is 15.1. The molecule has 2 rings (SSSR count). The average Bonchev–Trinajstić information content (AvgIpc) is 2.46. The maximum absolute atomic E-state index is 13.3. The highest BCUT2D eigenvalue weighted by Gasteiger charge is 2.51. The first-order chi connectivity index (χ1) is 9.12. The molecule has 0 atom stereocenters. The lowest BCUT2D eigenvalue weighted by Gasteiger charge is -2.32. The van der Waals surface area contributed by atoms with E-state index in [1.54, 1.807) is 0 Å². The minimum atomic E-state index is -0.625. The minimum absolute atomic E-state index is 0.124. The highest BCUT2D eigenvalue weighted by Crippen LogP contribution is 2.38. The van der Waals surface area contributed by atoms with Crippen molar-refractivity contribution in [2.45, 2.75) is 45.2 Å². The van der Waals surface area contributed by atoms with Crippen LogP contribution in [0.1, 0.15) is 33.3 Å². The quantitative estimate of drug-likeness (QED) is 0.485. The van der Waals surface area contributed by atoms with Crippen LogP contribution in [0.5, 0.6) is 0 Å². The van der Waals surface area contributed by atoms with E-state index in [2.05, 4.69) is 0 Å². The summed E-state index contributed by atoms with van der Waals surface area (Å²) in [7, 11) is -0.625. The molecule has 0 radical (unpaired) electrons. The predicted molar refractivity (Wildman–Crippen MR) is 72.8 cm³/mol. The Morgan fingerprint density at radius 2 is 1.80 bits per heavy atom. The average molecular weight is 281 g/mol. The molecule has 1 fully saturated rings. The Labute approximate surface area is 117 Å². The van der Waals surface area contributed by atoms with Gasteiger partial charge in [-0.15, -0.1) is 0 Å². The van der Waals surface area contributed by atoms with Crippen LogP contribution in [0.2, 0.25) is 0 Å². The molecule has 1 heterocycles. The summed E-state index contributed by atoms with van der Waals surface area (Å²) >= 11 is 0. The third kappa shape index (κ3) is 2.69. The van der Waals surface area contributed by atoms with Crippen LogP contribution in [-0.4, -0.2) is 23.2 Å². The Balaban J connectivity index is 2.24. The Bertz CT molecular complexity index is 531. The molecule has 7 heteroatoms. The lowest BCUT2D eigenvalue weighted by molar-refractivity contribution is -0.385. The second-order valence-electron chi connectivity index (χ2n) is 5.92. The topological polar surface area (TPSA) is 61.6 Å². The van der Waals surface area contributed by atoms with Gasteiger partial charge in [-0.1, -0.05) is 0 Å². The third-order valence-electron chi connectivity index (χ3n) is 3.93. The summed E-state index contributed by atoms with van der Waals surface area (Å²) in [4.78, 5) is 10.4. The van der Waals surface area contributed by atoms with Gasteiger partial charge < -0.3 is 9.31 Å². The SMILES string of the molecule is CC1(C)OB(Cc2cc(F)ccc2[N+](=O)[O-])OC1(C)C. The highest BCUT2D eigenvalue weighted by atomic mass is 19.1. The molecule has 1 aliphatic heterocycles. The van der Waals surface area contributed by atoms with E-state index in [-0.39, 0.29) is 17.6 Å². The zero-order valence-corrected chi connectivity index (χ0v) is 12.0. The van der Waals surface area contributed by atoms with Crippen molar-refractivity contribution < 1.29 is 18.6 Å². The van der Waals surface area contributed by atoms with E-state index in [9.17, 15) is 14.5 Å². The zero-order valence-electron chi connectivity index (χ0n) is 12.0. The van der Waals surface area contributed by atoms with Crippen LogP contribution in [-0.2, 0) is 15.6 Å². The van der Waals surface area contributed by atoms with Gasteiger partial charge in [-0.05, 0) is 39.8 Å². The minimum Gasteiger partial charge on any atom is -0.403 e. The summed E-state index contributed by atoms with van der Waals surface area (Å²) in [6.07, 6.45) is 0.140. The van der Waals surface area contributed by atoms with Crippen molar-refractivity contribution >= 4 is 12.8 Å². The van der Waals surface area contributed by atoms with Gasteiger partial charge in [0.15, 0.2) is 0 Å². The summed E-state index contributed by atoms with van der Waals surface area (Å²) in [5, 5.41) is 11.0. The van der Waals surface area contributed by atoms with Crippen LogP contribution in [0, 0.1) is 15.9 Å². The van der Waals surface area contributed by atoms with E-state index in [0.717, 1.165) is 18.2 Å². The molecule has 0 aliphatic carbocycles. The van der Waals surface area contributed by atoms with Crippen LogP contribution < -0.4 is 0 Å². The number of benzene rings is 1. The molecule has 1 aliphatic rings. The summed E-state index contributed by atoms with van der Waals surface area (Å²) in [6.45, 7) is 7.58. The van der Waals surface area contributed by atoms with Crippen molar-refractivity contribution in [3.8, 4) is 0 Å². The molecule has 20 heavy (non-hydrogen) atoms. The van der Waals surface area contributed by atoms with Crippen molar-refractivity contribution in [3.63, 3.8) is 0 Å². The van der Waals surface area contributed by atoms with Crippen molar-refractivity contribution in [3.05, 3.63) is 39.7 Å². The van der Waals surface area contributed by atoms with Crippen LogP contribution in [0.15, 0.2) is 18.2 Å². The molecule has 108 valence electrons. The van der Waals surface area contributed by atoms with Gasteiger partial charge in [0.05, 0.1) is 16.1 Å². The molecule has 1 saturated heterocycles. The van der Waals surface area contributed by atoms with Gasteiger partial charge in [0.2, 0.25) is 0 Å². The molecule has 0 aromatic heterocycles. The smallest absolute Gasteiger partial charge is 0.403 e. The van der Waals surface area contributed by atoms with Crippen LogP contribution in [0.3, 0.4) is 0 Å². The van der Waals surface area contributed by atoms with Gasteiger partial charge in [-0.2, -0.15) is 0 Å². The number of rotatable bonds is 3. The molecule has 0 spiro atoms. The molecule has 0 saturated carbocycles. The first-order valence-corrected chi connectivity index (χ1v) is 6.41. The summed E-state index contributed by atoms with van der Waals surface area (Å²) in [5.74, 6) is -0.512. The van der Waals surface area contributed by atoms with Gasteiger partial charge >= 0.3 is 7.12 Å². The van der Waals surface area contributed by atoms with Gasteiger partial charge in [0.25, 0.3) is 5.69 Å². The van der Waals surface area contributed by atoms with E-state index in [0.29, 0.717) is 0 Å². The number of hydrogen-bond donors (Lipinski definition) is 0. The van der Waals surface area contributed by atoms with Crippen LogP contribution in [0.25, 0.3) is 0 Å².